The van der Waals surface area contributed by atoms with Crippen molar-refractivity contribution in [2.75, 3.05) is 18.4 Å². The van der Waals surface area contributed by atoms with Crippen molar-refractivity contribution in [1.82, 2.24) is 10.3 Å². The fourth-order valence-electron chi connectivity index (χ4n) is 3.61. The Kier molecular flexibility index (Phi) is 4.32. The van der Waals surface area contributed by atoms with Crippen LogP contribution in [0.25, 0.3) is 0 Å². The van der Waals surface area contributed by atoms with E-state index in [9.17, 15) is 13.6 Å². The molecule has 0 radical (unpaired) electrons. The number of ether oxygens (including phenoxy) is 1. The third kappa shape index (κ3) is 3.39. The van der Waals surface area contributed by atoms with Gasteiger partial charge in [0.1, 0.15) is 17.4 Å². The molecular formula is C19H19F2N3O2. The van der Waals surface area contributed by atoms with Crippen LogP contribution in [0.15, 0.2) is 36.5 Å². The summed E-state index contributed by atoms with van der Waals surface area (Å²) in [6.07, 6.45) is 4.40. The first-order valence-electron chi connectivity index (χ1n) is 8.66. The van der Waals surface area contributed by atoms with Gasteiger partial charge in [-0.25, -0.2) is 13.8 Å². The molecule has 5 nitrogen and oxygen atoms in total. The van der Waals surface area contributed by atoms with E-state index in [-0.39, 0.29) is 23.0 Å². The number of hydrogen-bond donors (Lipinski definition) is 2. The summed E-state index contributed by atoms with van der Waals surface area (Å²) in [5, 5.41) is 6.15. The van der Waals surface area contributed by atoms with Crippen LogP contribution >= 0.6 is 0 Å². The maximum Gasteiger partial charge on any atom is 0.229 e. The standard InChI is InChI=1S/C19H19F2N3O2/c20-12-1-3-16(15(21)9-12)26-13-2-4-17(23-11-13)24-18(25)14-10-19(14)5-7-22-8-6-19/h1-4,9,11,14,22H,5-8,10H2,(H,23,24,25). The third-order valence-corrected chi connectivity index (χ3v) is 5.21. The van der Waals surface area contributed by atoms with Gasteiger partial charge in [-0.2, -0.15) is 0 Å². The number of anilines is 1. The van der Waals surface area contributed by atoms with Crippen LogP contribution in [0, 0.1) is 23.0 Å². The molecule has 1 amide bonds. The van der Waals surface area contributed by atoms with Crippen molar-refractivity contribution in [2.45, 2.75) is 19.3 Å². The van der Waals surface area contributed by atoms with E-state index in [2.05, 4.69) is 15.6 Å². The highest BCUT2D eigenvalue weighted by Gasteiger charge is 2.57. The molecule has 1 saturated heterocycles. The van der Waals surface area contributed by atoms with E-state index in [1.807, 2.05) is 0 Å². The molecule has 2 N–H and O–H groups in total. The fraction of sp³-hybridized carbons (Fsp3) is 0.368. The molecule has 1 aromatic heterocycles. The molecule has 26 heavy (non-hydrogen) atoms. The number of pyridine rings is 1. The van der Waals surface area contributed by atoms with Gasteiger partial charge in [0.2, 0.25) is 5.91 Å². The minimum absolute atomic E-state index is 0.00218. The van der Waals surface area contributed by atoms with Crippen molar-refractivity contribution >= 4 is 11.7 Å². The molecule has 1 aliphatic heterocycles. The number of aromatic nitrogens is 1. The molecule has 0 bridgehead atoms. The maximum atomic E-state index is 13.6. The van der Waals surface area contributed by atoms with Gasteiger partial charge in [0, 0.05) is 12.0 Å². The van der Waals surface area contributed by atoms with Gasteiger partial charge in [0.05, 0.1) is 6.20 Å². The zero-order valence-corrected chi connectivity index (χ0v) is 14.1. The van der Waals surface area contributed by atoms with Gasteiger partial charge in [-0.05, 0) is 62.0 Å². The number of carbonyl (C=O) groups excluding carboxylic acids is 1. The average molecular weight is 359 g/mol. The van der Waals surface area contributed by atoms with E-state index in [1.165, 1.54) is 12.3 Å². The molecule has 2 aliphatic rings. The second kappa shape index (κ2) is 6.64. The van der Waals surface area contributed by atoms with Gasteiger partial charge in [-0.15, -0.1) is 0 Å². The summed E-state index contributed by atoms with van der Waals surface area (Å²) in [4.78, 5) is 16.6. The summed E-state index contributed by atoms with van der Waals surface area (Å²) >= 11 is 0. The van der Waals surface area contributed by atoms with Gasteiger partial charge in [-0.1, -0.05) is 0 Å². The number of nitrogens with zero attached hydrogens (tertiary/aromatic N) is 1. The second-order valence-electron chi connectivity index (χ2n) is 6.91. The highest BCUT2D eigenvalue weighted by Crippen LogP contribution is 2.58. The van der Waals surface area contributed by atoms with Crippen LogP contribution in [0.2, 0.25) is 0 Å². The number of amides is 1. The summed E-state index contributed by atoms with van der Waals surface area (Å²) in [7, 11) is 0. The lowest BCUT2D eigenvalue weighted by molar-refractivity contribution is -0.118. The topological polar surface area (TPSA) is 63.2 Å². The molecule has 2 fully saturated rings. The Morgan fingerprint density at radius 1 is 1.23 bits per heavy atom. The average Bonchev–Trinajstić information content (AvgIpc) is 3.33. The molecule has 1 unspecified atom stereocenters. The minimum atomic E-state index is -0.789. The van der Waals surface area contributed by atoms with Crippen molar-refractivity contribution < 1.29 is 18.3 Å². The molecule has 2 aromatic rings. The van der Waals surface area contributed by atoms with Crippen LogP contribution < -0.4 is 15.4 Å². The predicted molar refractivity (Wildman–Crippen MR) is 91.9 cm³/mol. The quantitative estimate of drug-likeness (QED) is 0.877. The molecule has 7 heteroatoms. The Bertz CT molecular complexity index is 820. The van der Waals surface area contributed by atoms with E-state index in [0.717, 1.165) is 44.5 Å². The molecular weight excluding hydrogens is 340 g/mol. The number of halogens is 2. The first-order valence-corrected chi connectivity index (χ1v) is 8.66. The Morgan fingerprint density at radius 2 is 2.04 bits per heavy atom. The number of benzene rings is 1. The molecule has 1 aromatic carbocycles. The van der Waals surface area contributed by atoms with Crippen molar-refractivity contribution in [2.24, 2.45) is 11.3 Å². The Balaban J connectivity index is 1.36. The molecule has 136 valence electrons. The smallest absolute Gasteiger partial charge is 0.229 e. The number of carbonyl (C=O) groups is 1. The second-order valence-corrected chi connectivity index (χ2v) is 6.91. The SMILES string of the molecule is O=C(Nc1ccc(Oc2ccc(F)cc2F)cn1)C1CC12CCNCC2. The van der Waals surface area contributed by atoms with E-state index in [0.29, 0.717) is 11.6 Å². The van der Waals surface area contributed by atoms with E-state index in [4.69, 9.17) is 4.74 Å². The number of piperidine rings is 1. The summed E-state index contributed by atoms with van der Waals surface area (Å²) in [5.74, 6) is -0.766. The van der Waals surface area contributed by atoms with Gasteiger partial charge < -0.3 is 15.4 Å². The van der Waals surface area contributed by atoms with Gasteiger partial charge >= 0.3 is 0 Å². The largest absolute Gasteiger partial charge is 0.453 e. The zero-order chi connectivity index (χ0) is 18.1. The Hall–Kier alpha value is -2.54. The van der Waals surface area contributed by atoms with Crippen molar-refractivity contribution in [3.05, 3.63) is 48.2 Å². The van der Waals surface area contributed by atoms with Gasteiger partial charge in [-0.3, -0.25) is 4.79 Å². The molecule has 2 heterocycles. The maximum absolute atomic E-state index is 13.6. The third-order valence-electron chi connectivity index (χ3n) is 5.21. The fourth-order valence-corrected chi connectivity index (χ4v) is 3.61. The van der Waals surface area contributed by atoms with Crippen LogP contribution in [-0.4, -0.2) is 24.0 Å². The number of rotatable bonds is 4. The molecule has 1 aliphatic carbocycles. The van der Waals surface area contributed by atoms with Crippen LogP contribution in [0.1, 0.15) is 19.3 Å². The van der Waals surface area contributed by atoms with E-state index < -0.39 is 11.6 Å². The molecule has 1 spiro atoms. The Morgan fingerprint density at radius 3 is 2.73 bits per heavy atom. The number of nitrogens with one attached hydrogen (secondary N) is 2. The van der Waals surface area contributed by atoms with E-state index >= 15 is 0 Å². The molecule has 1 saturated carbocycles. The zero-order valence-electron chi connectivity index (χ0n) is 14.1. The van der Waals surface area contributed by atoms with Crippen LogP contribution in [0.5, 0.6) is 11.5 Å². The lowest BCUT2D eigenvalue weighted by Crippen LogP contribution is -2.31. The van der Waals surface area contributed by atoms with Crippen LogP contribution in [-0.2, 0) is 4.79 Å². The highest BCUT2D eigenvalue weighted by molar-refractivity contribution is 5.94. The molecule has 4 rings (SSSR count). The first kappa shape index (κ1) is 16.9. The highest BCUT2D eigenvalue weighted by atomic mass is 19.1. The normalized spacial score (nSPS) is 20.6. The predicted octanol–water partition coefficient (Wildman–Crippen LogP) is 3.48. The lowest BCUT2D eigenvalue weighted by atomic mass is 9.92. The first-order chi connectivity index (χ1) is 12.6. The number of hydrogen-bond acceptors (Lipinski definition) is 4. The van der Waals surface area contributed by atoms with Crippen LogP contribution in [0.4, 0.5) is 14.6 Å². The summed E-state index contributed by atoms with van der Waals surface area (Å²) in [5.41, 5.74) is 0.165. The van der Waals surface area contributed by atoms with Crippen molar-refractivity contribution in [3.8, 4) is 11.5 Å². The summed E-state index contributed by atoms with van der Waals surface area (Å²) in [6, 6.07) is 6.27. The lowest BCUT2D eigenvalue weighted by Gasteiger charge is -2.23. The monoisotopic (exact) mass is 359 g/mol. The minimum Gasteiger partial charge on any atom is -0.453 e. The molecule has 1 atom stereocenters. The van der Waals surface area contributed by atoms with Crippen molar-refractivity contribution in [1.29, 1.82) is 0 Å². The summed E-state index contributed by atoms with van der Waals surface area (Å²) < 4.78 is 31.9. The van der Waals surface area contributed by atoms with Crippen molar-refractivity contribution in [3.63, 3.8) is 0 Å². The van der Waals surface area contributed by atoms with E-state index in [1.54, 1.807) is 12.1 Å². The summed E-state index contributed by atoms with van der Waals surface area (Å²) in [6.45, 7) is 1.93. The van der Waals surface area contributed by atoms with Gasteiger partial charge in [0.15, 0.2) is 11.6 Å². The Labute approximate surface area is 149 Å². The van der Waals surface area contributed by atoms with Crippen LogP contribution in [0.3, 0.4) is 0 Å². The van der Waals surface area contributed by atoms with Gasteiger partial charge in [0.25, 0.3) is 0 Å².